The molecule has 0 unspecified atom stereocenters. The number of hydrogen-bond donors (Lipinski definition) is 2. The summed E-state index contributed by atoms with van der Waals surface area (Å²) in [5.41, 5.74) is 1.14. The van der Waals surface area contributed by atoms with E-state index in [1.807, 2.05) is 30.3 Å². The molecule has 1 heterocycles. The Hall–Kier alpha value is -1.62. The third kappa shape index (κ3) is 4.49. The van der Waals surface area contributed by atoms with Crippen LogP contribution in [-0.4, -0.2) is 31.9 Å². The molecule has 1 aromatic rings. The van der Waals surface area contributed by atoms with Crippen molar-refractivity contribution < 1.29 is 13.9 Å². The number of ether oxygens (including phenoxy) is 1. The minimum absolute atomic E-state index is 0.0288. The third-order valence-corrected chi connectivity index (χ3v) is 3.39. The first-order valence-corrected chi connectivity index (χ1v) is 7.06. The van der Waals surface area contributed by atoms with Crippen molar-refractivity contribution in [2.75, 3.05) is 19.8 Å². The summed E-state index contributed by atoms with van der Waals surface area (Å²) in [5, 5.41) is 5.58. The van der Waals surface area contributed by atoms with Crippen molar-refractivity contribution in [3.8, 4) is 0 Å². The Morgan fingerprint density at radius 2 is 2.15 bits per heavy atom. The van der Waals surface area contributed by atoms with E-state index in [0.717, 1.165) is 18.4 Å². The average molecular weight is 280 g/mol. The molecule has 2 N–H and O–H groups in total. The van der Waals surface area contributed by atoms with Gasteiger partial charge in [0.1, 0.15) is 0 Å². The standard InChI is InChI=1S/C15H21FN2O2/c16-8-4-9-17-15(19)18-13-7-10-20-14(11-13)12-5-2-1-3-6-12/h1-3,5-6,13-14H,4,7-11H2,(H2,17,18,19)/t13-,14-/m0/s1. The summed E-state index contributed by atoms with van der Waals surface area (Å²) in [5.74, 6) is 0. The predicted octanol–water partition coefficient (Wildman–Crippen LogP) is 2.57. The summed E-state index contributed by atoms with van der Waals surface area (Å²) in [6.07, 6.45) is 1.95. The lowest BCUT2D eigenvalue weighted by molar-refractivity contribution is 0.00227. The molecule has 1 aliphatic heterocycles. The van der Waals surface area contributed by atoms with Crippen molar-refractivity contribution in [2.24, 2.45) is 0 Å². The normalized spacial score (nSPS) is 22.2. The van der Waals surface area contributed by atoms with Crippen molar-refractivity contribution in [3.05, 3.63) is 35.9 Å². The van der Waals surface area contributed by atoms with Gasteiger partial charge in [0.2, 0.25) is 0 Å². The molecule has 1 aromatic carbocycles. The Morgan fingerprint density at radius 1 is 1.35 bits per heavy atom. The van der Waals surface area contributed by atoms with Gasteiger partial charge >= 0.3 is 6.03 Å². The van der Waals surface area contributed by atoms with Crippen LogP contribution < -0.4 is 10.6 Å². The van der Waals surface area contributed by atoms with Gasteiger partial charge in [-0.1, -0.05) is 30.3 Å². The van der Waals surface area contributed by atoms with Crippen LogP contribution >= 0.6 is 0 Å². The third-order valence-electron chi connectivity index (χ3n) is 3.39. The fourth-order valence-electron chi connectivity index (χ4n) is 2.33. The highest BCUT2D eigenvalue weighted by Crippen LogP contribution is 2.27. The number of nitrogens with one attached hydrogen (secondary N) is 2. The summed E-state index contributed by atoms with van der Waals surface area (Å²) < 4.78 is 17.7. The van der Waals surface area contributed by atoms with E-state index in [0.29, 0.717) is 19.6 Å². The summed E-state index contributed by atoms with van der Waals surface area (Å²) in [6.45, 7) is 0.594. The molecule has 4 nitrogen and oxygen atoms in total. The highest BCUT2D eigenvalue weighted by atomic mass is 19.1. The van der Waals surface area contributed by atoms with E-state index in [1.165, 1.54) is 0 Å². The number of hydrogen-bond acceptors (Lipinski definition) is 2. The molecular weight excluding hydrogens is 259 g/mol. The maximum atomic E-state index is 12.0. The zero-order chi connectivity index (χ0) is 14.2. The number of alkyl halides is 1. The minimum atomic E-state index is -0.409. The molecule has 2 rings (SSSR count). The van der Waals surface area contributed by atoms with E-state index < -0.39 is 6.67 Å². The molecule has 0 radical (unpaired) electrons. The van der Waals surface area contributed by atoms with Gasteiger partial charge in [-0.25, -0.2) is 4.79 Å². The summed E-state index contributed by atoms with van der Waals surface area (Å²) >= 11 is 0. The lowest BCUT2D eigenvalue weighted by Gasteiger charge is -2.30. The quantitative estimate of drug-likeness (QED) is 0.814. The highest BCUT2D eigenvalue weighted by Gasteiger charge is 2.24. The van der Waals surface area contributed by atoms with Crippen LogP contribution in [0.15, 0.2) is 30.3 Å². The van der Waals surface area contributed by atoms with E-state index in [4.69, 9.17) is 4.74 Å². The van der Waals surface area contributed by atoms with E-state index in [2.05, 4.69) is 10.6 Å². The van der Waals surface area contributed by atoms with Gasteiger partial charge in [0.05, 0.1) is 12.8 Å². The summed E-state index contributed by atoms with van der Waals surface area (Å²) in [4.78, 5) is 11.6. The number of benzene rings is 1. The SMILES string of the molecule is O=C(NCCCF)N[C@H]1CCO[C@H](c2ccccc2)C1. The molecule has 1 fully saturated rings. The second-order valence-electron chi connectivity index (χ2n) is 4.93. The molecule has 2 amide bonds. The van der Waals surface area contributed by atoms with Gasteiger partial charge in [-0.05, 0) is 24.8 Å². The number of halogens is 1. The molecule has 1 saturated heterocycles. The summed E-state index contributed by atoms with van der Waals surface area (Å²) in [6, 6.07) is 9.89. The molecule has 0 spiro atoms. The molecule has 5 heteroatoms. The zero-order valence-corrected chi connectivity index (χ0v) is 11.5. The van der Waals surface area contributed by atoms with Crippen molar-refractivity contribution in [3.63, 3.8) is 0 Å². The molecular formula is C15H21FN2O2. The van der Waals surface area contributed by atoms with Gasteiger partial charge in [0.15, 0.2) is 0 Å². The number of amides is 2. The Bertz CT molecular complexity index is 414. The van der Waals surface area contributed by atoms with Crippen LogP contribution in [0.2, 0.25) is 0 Å². The summed E-state index contributed by atoms with van der Waals surface area (Å²) in [7, 11) is 0. The van der Waals surface area contributed by atoms with E-state index in [9.17, 15) is 9.18 Å². The largest absolute Gasteiger partial charge is 0.373 e. The molecule has 20 heavy (non-hydrogen) atoms. The lowest BCUT2D eigenvalue weighted by Crippen LogP contribution is -2.45. The van der Waals surface area contributed by atoms with Crippen LogP contribution in [0.5, 0.6) is 0 Å². The van der Waals surface area contributed by atoms with Crippen molar-refractivity contribution in [2.45, 2.75) is 31.4 Å². The Morgan fingerprint density at radius 3 is 2.90 bits per heavy atom. The van der Waals surface area contributed by atoms with E-state index in [1.54, 1.807) is 0 Å². The van der Waals surface area contributed by atoms with Gasteiger partial charge < -0.3 is 15.4 Å². The Balaban J connectivity index is 1.80. The molecule has 2 atom stereocenters. The number of carbonyl (C=O) groups excluding carboxylic acids is 1. The van der Waals surface area contributed by atoms with Crippen molar-refractivity contribution >= 4 is 6.03 Å². The predicted molar refractivity (Wildman–Crippen MR) is 75.3 cm³/mol. The first-order valence-electron chi connectivity index (χ1n) is 7.06. The average Bonchev–Trinajstić information content (AvgIpc) is 2.49. The van der Waals surface area contributed by atoms with Crippen molar-refractivity contribution in [1.29, 1.82) is 0 Å². The topological polar surface area (TPSA) is 50.4 Å². The molecule has 0 aromatic heterocycles. The maximum absolute atomic E-state index is 12.0. The van der Waals surface area contributed by atoms with E-state index >= 15 is 0 Å². The second kappa shape index (κ2) is 7.85. The van der Waals surface area contributed by atoms with Crippen LogP contribution in [-0.2, 0) is 4.74 Å². The number of carbonyl (C=O) groups is 1. The first-order chi connectivity index (χ1) is 9.79. The van der Waals surface area contributed by atoms with Crippen LogP contribution in [0, 0.1) is 0 Å². The fourth-order valence-corrected chi connectivity index (χ4v) is 2.33. The Kier molecular flexibility index (Phi) is 5.80. The van der Waals surface area contributed by atoms with Crippen LogP contribution in [0.4, 0.5) is 9.18 Å². The van der Waals surface area contributed by atoms with Gasteiger partial charge in [-0.3, -0.25) is 4.39 Å². The van der Waals surface area contributed by atoms with E-state index in [-0.39, 0.29) is 18.2 Å². The molecule has 0 bridgehead atoms. The van der Waals surface area contributed by atoms with Crippen LogP contribution in [0.25, 0.3) is 0 Å². The lowest BCUT2D eigenvalue weighted by atomic mass is 9.97. The Labute approximate surface area is 118 Å². The first kappa shape index (κ1) is 14.8. The van der Waals surface area contributed by atoms with Gasteiger partial charge in [-0.2, -0.15) is 0 Å². The second-order valence-corrected chi connectivity index (χ2v) is 4.93. The molecule has 1 aliphatic rings. The zero-order valence-electron chi connectivity index (χ0n) is 11.5. The van der Waals surface area contributed by atoms with Crippen LogP contribution in [0.3, 0.4) is 0 Å². The van der Waals surface area contributed by atoms with Crippen LogP contribution in [0.1, 0.15) is 30.9 Å². The van der Waals surface area contributed by atoms with Gasteiger partial charge in [-0.15, -0.1) is 0 Å². The van der Waals surface area contributed by atoms with Crippen molar-refractivity contribution in [1.82, 2.24) is 10.6 Å². The van der Waals surface area contributed by atoms with Gasteiger partial charge in [0, 0.05) is 19.2 Å². The number of urea groups is 1. The molecule has 0 saturated carbocycles. The minimum Gasteiger partial charge on any atom is -0.373 e. The van der Waals surface area contributed by atoms with Gasteiger partial charge in [0.25, 0.3) is 0 Å². The molecule has 110 valence electrons. The smallest absolute Gasteiger partial charge is 0.315 e. The highest BCUT2D eigenvalue weighted by molar-refractivity contribution is 5.74. The fraction of sp³-hybridized carbons (Fsp3) is 0.533. The maximum Gasteiger partial charge on any atom is 0.315 e. The number of rotatable bonds is 5. The monoisotopic (exact) mass is 280 g/mol. The molecule has 0 aliphatic carbocycles.